The summed E-state index contributed by atoms with van der Waals surface area (Å²) < 4.78 is 17.0. The van der Waals surface area contributed by atoms with Gasteiger partial charge in [-0.25, -0.2) is 4.79 Å². The van der Waals surface area contributed by atoms with E-state index in [1.54, 1.807) is 0 Å². The van der Waals surface area contributed by atoms with Crippen LogP contribution in [0.15, 0.2) is 0 Å². The largest absolute Gasteiger partial charge is 0.465 e. The van der Waals surface area contributed by atoms with Gasteiger partial charge in [-0.3, -0.25) is 9.59 Å². The lowest BCUT2D eigenvalue weighted by Gasteiger charge is -2.65. The van der Waals surface area contributed by atoms with Crippen LogP contribution in [-0.2, 0) is 23.8 Å². The van der Waals surface area contributed by atoms with E-state index < -0.39 is 5.60 Å². The lowest BCUT2D eigenvalue weighted by molar-refractivity contribution is -0.213. The van der Waals surface area contributed by atoms with E-state index in [0.717, 1.165) is 32.1 Å². The molecule has 0 aromatic rings. The fourth-order valence-corrected chi connectivity index (χ4v) is 10.3. The first-order valence-corrected chi connectivity index (χ1v) is 15.5. The highest BCUT2D eigenvalue weighted by Crippen LogP contribution is 2.70. The number of alkyl carbamates (subject to hydrolysis) is 1. The molecule has 0 unspecified atom stereocenters. The van der Waals surface area contributed by atoms with Crippen LogP contribution in [0.4, 0.5) is 4.79 Å². The van der Waals surface area contributed by atoms with E-state index in [-0.39, 0.29) is 35.0 Å². The Balaban J connectivity index is 1.52. The van der Waals surface area contributed by atoms with E-state index in [2.05, 4.69) is 33.0 Å². The molecule has 4 saturated carbocycles. The van der Waals surface area contributed by atoms with Crippen LogP contribution in [0.5, 0.6) is 0 Å². The van der Waals surface area contributed by atoms with Crippen LogP contribution in [0.25, 0.3) is 0 Å². The number of amides is 1. The van der Waals surface area contributed by atoms with Crippen molar-refractivity contribution in [2.75, 3.05) is 6.54 Å². The maximum atomic E-state index is 12.2. The third kappa shape index (κ3) is 5.70. The normalized spacial score (nSPS) is 42.2. The summed E-state index contributed by atoms with van der Waals surface area (Å²) in [6.45, 7) is 17.2. The molecule has 1 amide bonds. The zero-order valence-electron chi connectivity index (χ0n) is 25.4. The molecule has 11 atom stereocenters. The van der Waals surface area contributed by atoms with Gasteiger partial charge in [-0.05, 0) is 125 Å². The fourth-order valence-electron chi connectivity index (χ4n) is 10.3. The summed E-state index contributed by atoms with van der Waals surface area (Å²) in [5.41, 5.74) is -0.108. The summed E-state index contributed by atoms with van der Waals surface area (Å²) in [4.78, 5) is 35.2. The summed E-state index contributed by atoms with van der Waals surface area (Å²) in [6, 6.07) is 0. The van der Waals surface area contributed by atoms with E-state index in [1.807, 2.05) is 20.8 Å². The third-order valence-corrected chi connectivity index (χ3v) is 11.8. The van der Waals surface area contributed by atoms with Crippen LogP contribution in [0.1, 0.15) is 106 Å². The van der Waals surface area contributed by atoms with Gasteiger partial charge in [0.2, 0.25) is 0 Å². The molecule has 0 saturated heterocycles. The molecule has 0 aromatic carbocycles. The molecule has 0 radical (unpaired) electrons. The Labute approximate surface area is 235 Å². The van der Waals surface area contributed by atoms with Crippen molar-refractivity contribution >= 4 is 19.0 Å². The third-order valence-electron chi connectivity index (χ3n) is 11.8. The number of rotatable bonds is 9. The lowest BCUT2D eigenvalue weighted by Crippen LogP contribution is -2.62. The first-order chi connectivity index (χ1) is 18.4. The first-order valence-electron chi connectivity index (χ1n) is 15.5. The van der Waals surface area contributed by atoms with Gasteiger partial charge < -0.3 is 19.5 Å². The van der Waals surface area contributed by atoms with E-state index in [4.69, 9.17) is 14.2 Å². The minimum absolute atomic E-state index is 0.0251. The number of carbonyl (C=O) groups is 3. The molecule has 4 aliphatic rings. The van der Waals surface area contributed by atoms with Gasteiger partial charge in [0, 0.05) is 12.5 Å². The van der Waals surface area contributed by atoms with Gasteiger partial charge in [0.15, 0.2) is 0 Å². The van der Waals surface area contributed by atoms with Gasteiger partial charge in [-0.15, -0.1) is 0 Å². The second-order valence-corrected chi connectivity index (χ2v) is 14.7. The Hall–Kier alpha value is -1.79. The second-order valence-electron chi connectivity index (χ2n) is 14.7. The second kappa shape index (κ2) is 11.6. The van der Waals surface area contributed by atoms with Crippen molar-refractivity contribution < 1.29 is 28.6 Å². The highest BCUT2D eigenvalue weighted by molar-refractivity contribution is 5.67. The van der Waals surface area contributed by atoms with Gasteiger partial charge in [-0.2, -0.15) is 0 Å². The van der Waals surface area contributed by atoms with Gasteiger partial charge in [0.25, 0.3) is 12.9 Å². The highest BCUT2D eigenvalue weighted by Gasteiger charge is 2.66. The van der Waals surface area contributed by atoms with E-state index >= 15 is 0 Å². The summed E-state index contributed by atoms with van der Waals surface area (Å²) in [6.07, 6.45) is 9.08. The van der Waals surface area contributed by atoms with Crippen molar-refractivity contribution in [2.24, 2.45) is 52.3 Å². The van der Waals surface area contributed by atoms with Crippen molar-refractivity contribution in [1.82, 2.24) is 5.32 Å². The van der Waals surface area contributed by atoms with Gasteiger partial charge in [0.1, 0.15) is 17.8 Å². The number of hydrogen-bond donors (Lipinski definition) is 1. The molecule has 7 heteroatoms. The summed E-state index contributed by atoms with van der Waals surface area (Å²) in [5.74, 6) is 3.19. The predicted molar refractivity (Wildman–Crippen MR) is 150 cm³/mol. The van der Waals surface area contributed by atoms with Crippen LogP contribution in [0, 0.1) is 52.3 Å². The quantitative estimate of drug-likeness (QED) is 0.261. The van der Waals surface area contributed by atoms with Crippen molar-refractivity contribution in [3.8, 4) is 0 Å². The molecule has 0 heterocycles. The molecule has 39 heavy (non-hydrogen) atoms. The van der Waals surface area contributed by atoms with E-state index in [9.17, 15) is 14.4 Å². The monoisotopic (exact) mass is 547 g/mol. The molecular weight excluding hydrogens is 494 g/mol. The molecule has 4 fully saturated rings. The SMILES string of the molecule is CC[C@H]1[C@@H](OC=O)[C@@H]2[C@H](CC[C@]3(C)[C@@H]([C@H](C)CCNC(=O)OC(C)(C)C)CC[C@@H]23)[C@@]2(C)CC[C@@H](OC=O)C[C@@H]12. The summed E-state index contributed by atoms with van der Waals surface area (Å²) in [5, 5.41) is 2.96. The molecule has 4 rings (SSSR count). The Morgan fingerprint density at radius 2 is 1.64 bits per heavy atom. The molecule has 0 aromatic heterocycles. The molecule has 0 bridgehead atoms. The highest BCUT2D eigenvalue weighted by atomic mass is 16.6. The van der Waals surface area contributed by atoms with Gasteiger partial charge in [-0.1, -0.05) is 27.7 Å². The number of ether oxygens (including phenoxy) is 3. The predicted octanol–water partition coefficient (Wildman–Crippen LogP) is 6.53. The molecule has 4 aliphatic carbocycles. The van der Waals surface area contributed by atoms with E-state index in [1.165, 1.54) is 25.7 Å². The zero-order valence-corrected chi connectivity index (χ0v) is 25.4. The van der Waals surface area contributed by atoms with Crippen molar-refractivity contribution in [3.05, 3.63) is 0 Å². The summed E-state index contributed by atoms with van der Waals surface area (Å²) >= 11 is 0. The van der Waals surface area contributed by atoms with Crippen LogP contribution >= 0.6 is 0 Å². The average molecular weight is 548 g/mol. The van der Waals surface area contributed by atoms with Gasteiger partial charge >= 0.3 is 6.09 Å². The smallest absolute Gasteiger partial charge is 0.407 e. The first kappa shape index (κ1) is 30.2. The number of hydrogen-bond acceptors (Lipinski definition) is 6. The molecular formula is C32H53NO6. The number of fused-ring (bicyclic) bond motifs is 5. The molecule has 222 valence electrons. The Bertz CT molecular complexity index is 886. The minimum atomic E-state index is -0.493. The fraction of sp³-hybridized carbons (Fsp3) is 0.906. The maximum absolute atomic E-state index is 12.2. The topological polar surface area (TPSA) is 90.9 Å². The van der Waals surface area contributed by atoms with Crippen LogP contribution in [-0.4, -0.2) is 43.4 Å². The molecule has 7 nitrogen and oxygen atoms in total. The van der Waals surface area contributed by atoms with Gasteiger partial charge in [0.05, 0.1) is 0 Å². The molecule has 1 N–H and O–H groups in total. The zero-order chi connectivity index (χ0) is 28.6. The van der Waals surface area contributed by atoms with Crippen LogP contribution in [0.3, 0.4) is 0 Å². The standard InChI is InChI=1S/C32H53NO6/c1-8-22-26-17-21(37-18-34)11-14-32(26,7)25-12-15-31(6)23(9-10-24(31)27(25)28(22)38-19-35)20(2)13-16-33-29(36)39-30(3,4)5/h18-28H,8-17H2,1-7H3,(H,33,36)/t20-,21-,22-,23-,24+,25+,26+,27+,28-,31-,32-/m1/s1. The summed E-state index contributed by atoms with van der Waals surface area (Å²) in [7, 11) is 0. The Morgan fingerprint density at radius 3 is 2.28 bits per heavy atom. The average Bonchev–Trinajstić information content (AvgIpc) is 3.21. The number of nitrogens with one attached hydrogen (secondary N) is 1. The Morgan fingerprint density at radius 1 is 0.974 bits per heavy atom. The van der Waals surface area contributed by atoms with Crippen molar-refractivity contribution in [2.45, 2.75) is 124 Å². The lowest BCUT2D eigenvalue weighted by atomic mass is 9.41. The molecule has 0 aliphatic heterocycles. The van der Waals surface area contributed by atoms with E-state index in [0.29, 0.717) is 55.0 Å². The van der Waals surface area contributed by atoms with Crippen LogP contribution in [0.2, 0.25) is 0 Å². The van der Waals surface area contributed by atoms with Crippen LogP contribution < -0.4 is 5.32 Å². The van der Waals surface area contributed by atoms with Crippen molar-refractivity contribution in [1.29, 1.82) is 0 Å². The molecule has 0 spiro atoms. The maximum Gasteiger partial charge on any atom is 0.407 e. The number of carbonyl (C=O) groups excluding carboxylic acids is 3. The Kier molecular flexibility index (Phi) is 8.97. The minimum Gasteiger partial charge on any atom is -0.465 e. The van der Waals surface area contributed by atoms with Crippen molar-refractivity contribution in [3.63, 3.8) is 0 Å².